The lowest BCUT2D eigenvalue weighted by Crippen LogP contribution is -2.17. The molecule has 1 aliphatic rings. The first-order chi connectivity index (χ1) is 11.2. The second-order valence-electron chi connectivity index (χ2n) is 5.90. The first-order valence-corrected chi connectivity index (χ1v) is 8.98. The Hall–Kier alpha value is -1.89. The average molecular weight is 331 g/mol. The predicted octanol–water partition coefficient (Wildman–Crippen LogP) is 3.22. The normalized spacial score (nSPS) is 15.5. The monoisotopic (exact) mass is 331 g/mol. The third kappa shape index (κ3) is 4.31. The molecule has 1 N–H and O–H groups in total. The number of tetrazole rings is 1. The number of carbonyl (C=O) groups is 1. The van der Waals surface area contributed by atoms with Gasteiger partial charge in [-0.15, -0.1) is 5.10 Å². The van der Waals surface area contributed by atoms with E-state index in [1.807, 2.05) is 35.9 Å². The molecule has 23 heavy (non-hydrogen) atoms. The van der Waals surface area contributed by atoms with Crippen LogP contribution in [-0.4, -0.2) is 31.9 Å². The fourth-order valence-electron chi connectivity index (χ4n) is 2.80. The molecular formula is C16H21N5OS. The van der Waals surface area contributed by atoms with Crippen molar-refractivity contribution in [2.45, 2.75) is 50.2 Å². The number of amides is 1. The topological polar surface area (TPSA) is 72.7 Å². The molecular weight excluding hydrogens is 310 g/mol. The number of benzene rings is 1. The Morgan fingerprint density at radius 3 is 2.74 bits per heavy atom. The fourth-order valence-corrected chi connectivity index (χ4v) is 3.54. The minimum absolute atomic E-state index is 0.0444. The molecule has 1 heterocycles. The van der Waals surface area contributed by atoms with Crippen LogP contribution in [-0.2, 0) is 4.79 Å². The molecule has 1 fully saturated rings. The van der Waals surface area contributed by atoms with Gasteiger partial charge in [-0.3, -0.25) is 4.79 Å². The lowest BCUT2D eigenvalue weighted by Gasteiger charge is -2.21. The Kier molecular flexibility index (Phi) is 5.27. The Morgan fingerprint density at radius 1 is 1.26 bits per heavy atom. The van der Waals surface area contributed by atoms with E-state index >= 15 is 0 Å². The van der Waals surface area contributed by atoms with Crippen molar-refractivity contribution in [1.82, 2.24) is 20.2 Å². The largest absolute Gasteiger partial charge is 0.325 e. The van der Waals surface area contributed by atoms with E-state index in [1.54, 1.807) is 0 Å². The molecule has 0 atom stereocenters. The highest BCUT2D eigenvalue weighted by atomic mass is 32.2. The summed E-state index contributed by atoms with van der Waals surface area (Å²) in [5.74, 6) is 0.262. The minimum Gasteiger partial charge on any atom is -0.325 e. The number of nitrogens with one attached hydrogen (secondary N) is 1. The molecule has 0 aliphatic heterocycles. The van der Waals surface area contributed by atoms with Crippen molar-refractivity contribution in [2.75, 3.05) is 11.1 Å². The lowest BCUT2D eigenvalue weighted by molar-refractivity contribution is -0.113. The number of aryl methyl sites for hydroxylation is 1. The first-order valence-electron chi connectivity index (χ1n) is 7.99. The fraction of sp³-hybridized carbons (Fsp3) is 0.500. The zero-order valence-corrected chi connectivity index (χ0v) is 14.1. The van der Waals surface area contributed by atoms with Crippen LogP contribution in [0.2, 0.25) is 0 Å². The van der Waals surface area contributed by atoms with Crippen LogP contribution in [0.4, 0.5) is 5.69 Å². The minimum atomic E-state index is -0.0444. The molecule has 6 nitrogen and oxygen atoms in total. The van der Waals surface area contributed by atoms with Gasteiger partial charge in [-0.25, -0.2) is 4.68 Å². The number of hydrogen-bond acceptors (Lipinski definition) is 5. The molecule has 7 heteroatoms. The van der Waals surface area contributed by atoms with E-state index in [0.29, 0.717) is 11.8 Å². The van der Waals surface area contributed by atoms with Crippen LogP contribution in [0.25, 0.3) is 0 Å². The maximum Gasteiger partial charge on any atom is 0.234 e. The SMILES string of the molecule is Cc1ccc(NC(=O)CSc2nnnn2C2CCCCC2)cc1. The molecule has 0 unspecified atom stereocenters. The van der Waals surface area contributed by atoms with Crippen molar-refractivity contribution in [3.8, 4) is 0 Å². The number of rotatable bonds is 5. The summed E-state index contributed by atoms with van der Waals surface area (Å²) in [6.45, 7) is 2.02. The van der Waals surface area contributed by atoms with Crippen LogP contribution in [0.3, 0.4) is 0 Å². The third-order valence-corrected chi connectivity index (χ3v) is 4.98. The highest BCUT2D eigenvalue weighted by molar-refractivity contribution is 7.99. The Labute approximate surface area is 140 Å². The molecule has 122 valence electrons. The standard InChI is InChI=1S/C16H21N5OS/c1-12-7-9-13(10-8-12)17-15(22)11-23-16-18-19-20-21(16)14-5-3-2-4-6-14/h7-10,14H,2-6,11H2,1H3,(H,17,22). The van der Waals surface area contributed by atoms with Gasteiger partial charge in [-0.1, -0.05) is 48.7 Å². The summed E-state index contributed by atoms with van der Waals surface area (Å²) in [7, 11) is 0. The summed E-state index contributed by atoms with van der Waals surface area (Å²) in [6, 6.07) is 8.15. The molecule has 1 amide bonds. The van der Waals surface area contributed by atoms with Gasteiger partial charge < -0.3 is 5.32 Å². The Morgan fingerprint density at radius 2 is 2.00 bits per heavy atom. The van der Waals surface area contributed by atoms with E-state index < -0.39 is 0 Å². The van der Waals surface area contributed by atoms with E-state index in [2.05, 4.69) is 20.8 Å². The van der Waals surface area contributed by atoms with E-state index in [1.165, 1.54) is 36.6 Å². The van der Waals surface area contributed by atoms with Crippen LogP contribution in [0.5, 0.6) is 0 Å². The Bertz CT molecular complexity index is 649. The van der Waals surface area contributed by atoms with Crippen LogP contribution in [0, 0.1) is 6.92 Å². The van der Waals surface area contributed by atoms with Gasteiger partial charge in [0, 0.05) is 5.69 Å². The number of thioether (sulfide) groups is 1. The highest BCUT2D eigenvalue weighted by Crippen LogP contribution is 2.30. The van der Waals surface area contributed by atoms with E-state index in [0.717, 1.165) is 23.7 Å². The number of nitrogens with zero attached hydrogens (tertiary/aromatic N) is 4. The van der Waals surface area contributed by atoms with Crippen LogP contribution in [0.1, 0.15) is 43.7 Å². The summed E-state index contributed by atoms with van der Waals surface area (Å²) in [5, 5.41) is 15.6. The van der Waals surface area contributed by atoms with E-state index in [-0.39, 0.29) is 5.91 Å². The average Bonchev–Trinajstić information content (AvgIpc) is 3.04. The summed E-state index contributed by atoms with van der Waals surface area (Å²) >= 11 is 1.39. The molecule has 1 aromatic carbocycles. The zero-order chi connectivity index (χ0) is 16.1. The van der Waals surface area contributed by atoms with Gasteiger partial charge in [0.05, 0.1) is 11.8 Å². The van der Waals surface area contributed by atoms with Gasteiger partial charge in [0.15, 0.2) is 0 Å². The van der Waals surface area contributed by atoms with Crippen molar-refractivity contribution in [1.29, 1.82) is 0 Å². The van der Waals surface area contributed by atoms with Gasteiger partial charge in [0.1, 0.15) is 0 Å². The van der Waals surface area contributed by atoms with E-state index in [4.69, 9.17) is 0 Å². The summed E-state index contributed by atoms with van der Waals surface area (Å²) in [5.41, 5.74) is 1.98. The molecule has 0 bridgehead atoms. The number of anilines is 1. The van der Waals surface area contributed by atoms with Gasteiger partial charge in [-0.05, 0) is 42.3 Å². The quantitative estimate of drug-likeness (QED) is 0.852. The van der Waals surface area contributed by atoms with Crippen molar-refractivity contribution in [3.63, 3.8) is 0 Å². The molecule has 1 aliphatic carbocycles. The molecule has 0 spiro atoms. The van der Waals surface area contributed by atoms with Gasteiger partial charge in [0.2, 0.25) is 11.1 Å². The van der Waals surface area contributed by atoms with Gasteiger partial charge in [0.25, 0.3) is 0 Å². The zero-order valence-electron chi connectivity index (χ0n) is 13.2. The number of aromatic nitrogens is 4. The second kappa shape index (κ2) is 7.59. The van der Waals surface area contributed by atoms with Crippen molar-refractivity contribution in [2.24, 2.45) is 0 Å². The predicted molar refractivity (Wildman–Crippen MR) is 90.5 cm³/mol. The van der Waals surface area contributed by atoms with Crippen molar-refractivity contribution in [3.05, 3.63) is 29.8 Å². The number of carbonyl (C=O) groups excluding carboxylic acids is 1. The summed E-state index contributed by atoms with van der Waals surface area (Å²) in [6.07, 6.45) is 5.98. The van der Waals surface area contributed by atoms with Gasteiger partial charge in [-0.2, -0.15) is 0 Å². The maximum atomic E-state index is 12.1. The molecule has 0 saturated heterocycles. The maximum absolute atomic E-state index is 12.1. The molecule has 2 aromatic rings. The first kappa shape index (κ1) is 16.0. The third-order valence-electron chi connectivity index (χ3n) is 4.05. The van der Waals surface area contributed by atoms with E-state index in [9.17, 15) is 4.79 Å². The smallest absolute Gasteiger partial charge is 0.234 e. The molecule has 1 saturated carbocycles. The second-order valence-corrected chi connectivity index (χ2v) is 6.84. The van der Waals surface area contributed by atoms with Crippen molar-refractivity contribution >= 4 is 23.4 Å². The van der Waals surface area contributed by atoms with Crippen LogP contribution < -0.4 is 5.32 Å². The number of hydrogen-bond donors (Lipinski definition) is 1. The van der Waals surface area contributed by atoms with Crippen molar-refractivity contribution < 1.29 is 4.79 Å². The summed E-state index contributed by atoms with van der Waals surface area (Å²) < 4.78 is 1.89. The lowest BCUT2D eigenvalue weighted by atomic mass is 9.96. The molecule has 3 rings (SSSR count). The van der Waals surface area contributed by atoms with Crippen LogP contribution in [0.15, 0.2) is 29.4 Å². The molecule has 1 aromatic heterocycles. The highest BCUT2D eigenvalue weighted by Gasteiger charge is 2.20. The summed E-state index contributed by atoms with van der Waals surface area (Å²) in [4.78, 5) is 12.1. The van der Waals surface area contributed by atoms with Gasteiger partial charge >= 0.3 is 0 Å². The Balaban J connectivity index is 1.55. The van der Waals surface area contributed by atoms with Crippen LogP contribution >= 0.6 is 11.8 Å². The molecule has 0 radical (unpaired) electrons.